The normalized spacial score (nSPS) is 14.1. The minimum Gasteiger partial charge on any atom is -0.389 e. The van der Waals surface area contributed by atoms with E-state index in [4.69, 9.17) is 8.85 Å². The molecular weight excluding hydrogens is 228 g/mol. The topological polar surface area (TPSA) is 18.5 Å². The monoisotopic (exact) mass is 260 g/mol. The van der Waals surface area contributed by atoms with E-state index < -0.39 is 8.56 Å². The minimum absolute atomic E-state index is 0.109. The van der Waals surface area contributed by atoms with Crippen LogP contribution in [0.3, 0.4) is 0 Å². The second-order valence-corrected chi connectivity index (χ2v) is 10.1. The van der Waals surface area contributed by atoms with Gasteiger partial charge in [0.1, 0.15) is 0 Å². The Kier molecular flexibility index (Phi) is 6.40. The molecule has 104 valence electrons. The van der Waals surface area contributed by atoms with Crippen LogP contribution in [0.2, 0.25) is 12.1 Å². The minimum atomic E-state index is -2.07. The SMILES string of the molecule is CCC[Si](CCC)(OC(C)(C)C)OC(C)(C)C. The van der Waals surface area contributed by atoms with E-state index in [1.807, 2.05) is 0 Å². The molecule has 0 aromatic carbocycles. The van der Waals surface area contributed by atoms with Gasteiger partial charge in [0.2, 0.25) is 0 Å². The lowest BCUT2D eigenvalue weighted by Gasteiger charge is -2.41. The molecule has 0 amide bonds. The van der Waals surface area contributed by atoms with Crippen molar-refractivity contribution < 1.29 is 8.85 Å². The molecule has 0 unspecified atom stereocenters. The molecule has 0 rings (SSSR count). The van der Waals surface area contributed by atoms with Gasteiger partial charge < -0.3 is 8.85 Å². The van der Waals surface area contributed by atoms with Crippen molar-refractivity contribution >= 4 is 8.56 Å². The number of hydrogen-bond acceptors (Lipinski definition) is 2. The third-order valence-corrected chi connectivity index (χ3v) is 6.74. The molecule has 0 spiro atoms. The Morgan fingerprint density at radius 2 is 1.00 bits per heavy atom. The summed E-state index contributed by atoms with van der Waals surface area (Å²) in [5.74, 6) is 0. The van der Waals surface area contributed by atoms with Crippen molar-refractivity contribution in [3.8, 4) is 0 Å². The van der Waals surface area contributed by atoms with E-state index in [1.54, 1.807) is 0 Å². The Morgan fingerprint density at radius 3 is 1.18 bits per heavy atom. The molecule has 0 atom stereocenters. The van der Waals surface area contributed by atoms with Gasteiger partial charge in [0.25, 0.3) is 0 Å². The van der Waals surface area contributed by atoms with Gasteiger partial charge in [0.15, 0.2) is 0 Å². The van der Waals surface area contributed by atoms with E-state index in [0.29, 0.717) is 0 Å². The van der Waals surface area contributed by atoms with E-state index in [1.165, 1.54) is 0 Å². The van der Waals surface area contributed by atoms with Crippen molar-refractivity contribution in [1.29, 1.82) is 0 Å². The highest BCUT2D eigenvalue weighted by molar-refractivity contribution is 6.67. The standard InChI is InChI=1S/C14H32O2Si/c1-9-11-17(12-10-2,15-13(3,4)5)16-14(6,7)8/h9-12H2,1-8H3. The first-order valence-electron chi connectivity index (χ1n) is 6.94. The molecule has 3 heteroatoms. The van der Waals surface area contributed by atoms with Gasteiger partial charge in [-0.05, 0) is 53.6 Å². The average molecular weight is 260 g/mol. The summed E-state index contributed by atoms with van der Waals surface area (Å²) in [4.78, 5) is 0. The summed E-state index contributed by atoms with van der Waals surface area (Å²) in [5.41, 5.74) is -0.219. The van der Waals surface area contributed by atoms with Gasteiger partial charge in [-0.25, -0.2) is 0 Å². The highest BCUT2D eigenvalue weighted by atomic mass is 28.4. The van der Waals surface area contributed by atoms with Crippen LogP contribution < -0.4 is 0 Å². The van der Waals surface area contributed by atoms with Gasteiger partial charge in [-0.2, -0.15) is 0 Å². The molecule has 0 radical (unpaired) electrons. The van der Waals surface area contributed by atoms with Crippen molar-refractivity contribution in [1.82, 2.24) is 0 Å². The Bertz CT molecular complexity index is 189. The fourth-order valence-electron chi connectivity index (χ4n) is 2.23. The van der Waals surface area contributed by atoms with Crippen molar-refractivity contribution in [2.75, 3.05) is 0 Å². The summed E-state index contributed by atoms with van der Waals surface area (Å²) in [6, 6.07) is 2.19. The summed E-state index contributed by atoms with van der Waals surface area (Å²) in [7, 11) is -2.07. The van der Waals surface area contributed by atoms with Crippen LogP contribution in [-0.4, -0.2) is 19.8 Å². The lowest BCUT2D eigenvalue weighted by atomic mass is 10.2. The molecule has 17 heavy (non-hydrogen) atoms. The van der Waals surface area contributed by atoms with Crippen molar-refractivity contribution in [3.05, 3.63) is 0 Å². The summed E-state index contributed by atoms with van der Waals surface area (Å²) in [6.07, 6.45) is 2.27. The van der Waals surface area contributed by atoms with E-state index in [9.17, 15) is 0 Å². The first-order valence-corrected chi connectivity index (χ1v) is 9.17. The van der Waals surface area contributed by atoms with Crippen LogP contribution in [0.4, 0.5) is 0 Å². The number of hydrogen-bond donors (Lipinski definition) is 0. The van der Waals surface area contributed by atoms with E-state index in [0.717, 1.165) is 24.9 Å². The zero-order valence-electron chi connectivity index (χ0n) is 13.1. The summed E-state index contributed by atoms with van der Waals surface area (Å²) in [6.45, 7) is 17.2. The maximum Gasteiger partial charge on any atom is 0.338 e. The Balaban J connectivity index is 4.97. The van der Waals surface area contributed by atoms with Gasteiger partial charge in [0.05, 0.1) is 11.2 Å². The second kappa shape index (κ2) is 6.35. The zero-order valence-corrected chi connectivity index (χ0v) is 14.1. The Labute approximate surface area is 109 Å². The van der Waals surface area contributed by atoms with Crippen molar-refractivity contribution in [2.24, 2.45) is 0 Å². The van der Waals surface area contributed by atoms with Crippen molar-refractivity contribution in [2.45, 2.75) is 91.5 Å². The maximum absolute atomic E-state index is 6.40. The molecule has 0 aliphatic rings. The third-order valence-electron chi connectivity index (χ3n) is 2.25. The smallest absolute Gasteiger partial charge is 0.338 e. The molecule has 0 N–H and O–H groups in total. The van der Waals surface area contributed by atoms with E-state index >= 15 is 0 Å². The van der Waals surface area contributed by atoms with Gasteiger partial charge in [-0.3, -0.25) is 0 Å². The molecule has 0 aromatic rings. The van der Waals surface area contributed by atoms with Crippen LogP contribution in [0, 0.1) is 0 Å². The van der Waals surface area contributed by atoms with Crippen LogP contribution in [0.5, 0.6) is 0 Å². The van der Waals surface area contributed by atoms with Gasteiger partial charge in [-0.15, -0.1) is 0 Å². The molecule has 0 heterocycles. The van der Waals surface area contributed by atoms with Crippen LogP contribution in [-0.2, 0) is 8.85 Å². The fraction of sp³-hybridized carbons (Fsp3) is 1.00. The Morgan fingerprint density at radius 1 is 0.706 bits per heavy atom. The molecule has 2 nitrogen and oxygen atoms in total. The highest BCUT2D eigenvalue weighted by Crippen LogP contribution is 2.31. The first kappa shape index (κ1) is 17.1. The lowest BCUT2D eigenvalue weighted by molar-refractivity contribution is 0.0136. The molecule has 0 aliphatic heterocycles. The predicted molar refractivity (Wildman–Crippen MR) is 77.6 cm³/mol. The van der Waals surface area contributed by atoms with Gasteiger partial charge in [-0.1, -0.05) is 26.7 Å². The summed E-state index contributed by atoms with van der Waals surface area (Å²) >= 11 is 0. The first-order chi connectivity index (χ1) is 7.54. The molecule has 0 saturated heterocycles. The average Bonchev–Trinajstić information content (AvgIpc) is 1.96. The molecule has 0 saturated carbocycles. The van der Waals surface area contributed by atoms with Crippen LogP contribution in [0.25, 0.3) is 0 Å². The van der Waals surface area contributed by atoms with Crippen LogP contribution in [0.1, 0.15) is 68.2 Å². The Hall–Kier alpha value is 0.137. The highest BCUT2D eigenvalue weighted by Gasteiger charge is 2.42. The summed E-state index contributed by atoms with van der Waals surface area (Å²) in [5, 5.41) is 0. The largest absolute Gasteiger partial charge is 0.389 e. The predicted octanol–water partition coefficient (Wildman–Crippen LogP) is 4.88. The van der Waals surface area contributed by atoms with E-state index in [2.05, 4.69) is 55.4 Å². The maximum atomic E-state index is 6.40. The van der Waals surface area contributed by atoms with Gasteiger partial charge in [0, 0.05) is 0 Å². The number of rotatable bonds is 6. The zero-order chi connectivity index (χ0) is 13.7. The molecular formula is C14H32O2Si. The van der Waals surface area contributed by atoms with Crippen LogP contribution >= 0.6 is 0 Å². The summed E-state index contributed by atoms with van der Waals surface area (Å²) < 4.78 is 12.8. The molecule has 0 aromatic heterocycles. The second-order valence-electron chi connectivity index (χ2n) is 6.84. The van der Waals surface area contributed by atoms with E-state index in [-0.39, 0.29) is 11.2 Å². The molecule has 0 bridgehead atoms. The quantitative estimate of drug-likeness (QED) is 0.634. The molecule has 0 fully saturated rings. The van der Waals surface area contributed by atoms with Gasteiger partial charge >= 0.3 is 8.56 Å². The van der Waals surface area contributed by atoms with Crippen molar-refractivity contribution in [3.63, 3.8) is 0 Å². The molecule has 0 aliphatic carbocycles. The third kappa shape index (κ3) is 7.95. The van der Waals surface area contributed by atoms with Crippen LogP contribution in [0.15, 0.2) is 0 Å². The lowest BCUT2D eigenvalue weighted by Crippen LogP contribution is -2.51. The fourth-order valence-corrected chi connectivity index (χ4v) is 6.68.